The molecule has 7 nitrogen and oxygen atoms in total. The summed E-state index contributed by atoms with van der Waals surface area (Å²) in [4.78, 5) is 17.4. The van der Waals surface area contributed by atoms with Crippen LogP contribution in [-0.4, -0.2) is 46.2 Å². The maximum Gasteiger partial charge on any atom is 0.282 e. The molecule has 0 saturated carbocycles. The summed E-state index contributed by atoms with van der Waals surface area (Å²) in [5.41, 5.74) is 0.490. The van der Waals surface area contributed by atoms with Crippen molar-refractivity contribution in [1.82, 2.24) is 18.2 Å². The van der Waals surface area contributed by atoms with Crippen LogP contribution in [0.5, 0.6) is 0 Å². The number of nitrogens with zero attached hydrogens (tertiary/aromatic N) is 4. The molecule has 1 unspecified atom stereocenters. The minimum atomic E-state index is -3.55. The number of hydrogen-bond donors (Lipinski definition) is 0. The average Bonchev–Trinajstić information content (AvgIpc) is 2.99. The minimum absolute atomic E-state index is 0.130. The predicted octanol–water partition coefficient (Wildman–Crippen LogP) is 2.19. The fourth-order valence-electron chi connectivity index (χ4n) is 4.23. The van der Waals surface area contributed by atoms with Crippen LogP contribution in [0.25, 0.3) is 10.9 Å². The zero-order chi connectivity index (χ0) is 19.0. The van der Waals surface area contributed by atoms with Crippen molar-refractivity contribution in [2.45, 2.75) is 44.6 Å². The van der Waals surface area contributed by atoms with E-state index in [-0.39, 0.29) is 11.6 Å². The van der Waals surface area contributed by atoms with Gasteiger partial charge < -0.3 is 0 Å². The molecule has 1 aromatic carbocycles. The molecule has 0 bridgehead atoms. The fourth-order valence-corrected chi connectivity index (χ4v) is 6.13. The maximum atomic E-state index is 13.3. The molecule has 2 saturated heterocycles. The van der Waals surface area contributed by atoms with Gasteiger partial charge in [-0.15, -0.1) is 0 Å². The Morgan fingerprint density at radius 2 is 1.70 bits per heavy atom. The molecule has 8 heteroatoms. The van der Waals surface area contributed by atoms with Crippen molar-refractivity contribution in [3.8, 4) is 0 Å². The van der Waals surface area contributed by atoms with Crippen molar-refractivity contribution >= 4 is 21.1 Å². The molecule has 2 aromatic rings. The van der Waals surface area contributed by atoms with Crippen molar-refractivity contribution in [2.75, 3.05) is 19.6 Å². The number of hydrogen-bond acceptors (Lipinski definition) is 4. The van der Waals surface area contributed by atoms with Gasteiger partial charge in [-0.05, 0) is 37.8 Å². The second kappa shape index (κ2) is 7.33. The Morgan fingerprint density at radius 1 is 1.00 bits per heavy atom. The minimum Gasteiger partial charge on any atom is -0.298 e. The first-order valence-corrected chi connectivity index (χ1v) is 11.1. The third-order valence-corrected chi connectivity index (χ3v) is 7.75. The van der Waals surface area contributed by atoms with E-state index in [1.165, 1.54) is 4.57 Å². The number of para-hydroxylation sites is 1. The van der Waals surface area contributed by atoms with Crippen molar-refractivity contribution in [3.63, 3.8) is 0 Å². The average molecular weight is 391 g/mol. The molecule has 0 spiro atoms. The highest BCUT2D eigenvalue weighted by atomic mass is 32.2. The Balaban J connectivity index is 1.74. The molecule has 4 rings (SSSR count). The molecule has 2 fully saturated rings. The smallest absolute Gasteiger partial charge is 0.282 e. The molecule has 27 heavy (non-hydrogen) atoms. The number of benzene rings is 1. The largest absolute Gasteiger partial charge is 0.298 e. The number of rotatable bonds is 3. The normalized spacial score (nSPS) is 22.9. The first-order chi connectivity index (χ1) is 13.0. The van der Waals surface area contributed by atoms with Gasteiger partial charge in [0.05, 0.1) is 16.9 Å². The van der Waals surface area contributed by atoms with E-state index in [0.717, 1.165) is 32.1 Å². The Kier molecular flexibility index (Phi) is 5.05. The zero-order valence-corrected chi connectivity index (χ0v) is 16.5. The molecular formula is C19H26N4O3S. The highest BCUT2D eigenvalue weighted by Gasteiger charge is 2.40. The van der Waals surface area contributed by atoms with Gasteiger partial charge in [-0.25, -0.2) is 4.98 Å². The maximum absolute atomic E-state index is 13.3. The van der Waals surface area contributed by atoms with E-state index in [1.807, 2.05) is 18.2 Å². The Labute approximate surface area is 159 Å². The highest BCUT2D eigenvalue weighted by molar-refractivity contribution is 7.86. The third-order valence-electron chi connectivity index (χ3n) is 5.71. The quantitative estimate of drug-likeness (QED) is 0.805. The van der Waals surface area contributed by atoms with Crippen LogP contribution in [0.15, 0.2) is 29.1 Å². The SMILES string of the molecule is Cn1c(C2CCCN2S(=O)(=O)N2CCCCCC2)nc2ccccc2c1=O. The summed E-state index contributed by atoms with van der Waals surface area (Å²) in [5, 5.41) is 0.559. The van der Waals surface area contributed by atoms with Crippen LogP contribution in [0, 0.1) is 0 Å². The zero-order valence-electron chi connectivity index (χ0n) is 15.7. The van der Waals surface area contributed by atoms with Gasteiger partial charge in [0.25, 0.3) is 15.8 Å². The molecule has 2 aliphatic rings. The summed E-state index contributed by atoms with van der Waals surface area (Å²) in [6, 6.07) is 6.84. The summed E-state index contributed by atoms with van der Waals surface area (Å²) in [7, 11) is -1.87. The fraction of sp³-hybridized carbons (Fsp3) is 0.579. The van der Waals surface area contributed by atoms with Crippen LogP contribution in [0.2, 0.25) is 0 Å². The van der Waals surface area contributed by atoms with Crippen molar-refractivity contribution in [1.29, 1.82) is 0 Å². The van der Waals surface area contributed by atoms with E-state index in [2.05, 4.69) is 4.98 Å². The van der Waals surface area contributed by atoms with Crippen LogP contribution in [0.4, 0.5) is 0 Å². The van der Waals surface area contributed by atoms with E-state index < -0.39 is 10.2 Å². The lowest BCUT2D eigenvalue weighted by Gasteiger charge is -2.30. The van der Waals surface area contributed by atoms with Crippen LogP contribution < -0.4 is 5.56 Å². The first-order valence-electron chi connectivity index (χ1n) is 9.73. The second-order valence-electron chi connectivity index (χ2n) is 7.44. The number of aromatic nitrogens is 2. The summed E-state index contributed by atoms with van der Waals surface area (Å²) < 4.78 is 31.3. The lowest BCUT2D eigenvalue weighted by atomic mass is 10.2. The van der Waals surface area contributed by atoms with Crippen molar-refractivity contribution in [2.24, 2.45) is 7.05 Å². The molecule has 1 aromatic heterocycles. The molecule has 2 aliphatic heterocycles. The highest BCUT2D eigenvalue weighted by Crippen LogP contribution is 2.34. The van der Waals surface area contributed by atoms with Crippen LogP contribution in [0.3, 0.4) is 0 Å². The van der Waals surface area contributed by atoms with Crippen LogP contribution in [-0.2, 0) is 17.3 Å². The van der Waals surface area contributed by atoms with E-state index in [0.29, 0.717) is 42.8 Å². The van der Waals surface area contributed by atoms with Crippen molar-refractivity contribution in [3.05, 3.63) is 40.4 Å². The van der Waals surface area contributed by atoms with Gasteiger partial charge in [-0.3, -0.25) is 9.36 Å². The second-order valence-corrected chi connectivity index (χ2v) is 9.32. The number of fused-ring (bicyclic) bond motifs is 1. The van der Waals surface area contributed by atoms with Gasteiger partial charge in [-0.1, -0.05) is 25.0 Å². The summed E-state index contributed by atoms with van der Waals surface area (Å²) >= 11 is 0. The van der Waals surface area contributed by atoms with Gasteiger partial charge in [0.15, 0.2) is 0 Å². The van der Waals surface area contributed by atoms with Gasteiger partial charge in [-0.2, -0.15) is 17.0 Å². The van der Waals surface area contributed by atoms with Gasteiger partial charge in [0.2, 0.25) is 0 Å². The van der Waals surface area contributed by atoms with E-state index in [1.54, 1.807) is 21.7 Å². The van der Waals surface area contributed by atoms with E-state index >= 15 is 0 Å². The monoisotopic (exact) mass is 390 g/mol. The molecule has 1 atom stereocenters. The summed E-state index contributed by atoms with van der Waals surface area (Å²) in [6.07, 6.45) is 5.44. The Morgan fingerprint density at radius 3 is 2.44 bits per heavy atom. The van der Waals surface area contributed by atoms with Gasteiger partial charge in [0.1, 0.15) is 5.82 Å². The lowest BCUT2D eigenvalue weighted by molar-refractivity contribution is 0.320. The lowest BCUT2D eigenvalue weighted by Crippen LogP contribution is -2.44. The van der Waals surface area contributed by atoms with Crippen LogP contribution in [0.1, 0.15) is 50.4 Å². The third kappa shape index (κ3) is 3.30. The standard InChI is InChI=1S/C19H26N4O3S/c1-21-18(20-16-10-5-4-9-15(16)19(21)24)17-11-8-14-23(17)27(25,26)22-12-6-2-3-7-13-22/h4-5,9-10,17H,2-3,6-8,11-14H2,1H3. The van der Waals surface area contributed by atoms with E-state index in [4.69, 9.17) is 0 Å². The van der Waals surface area contributed by atoms with Gasteiger partial charge in [0, 0.05) is 26.7 Å². The first kappa shape index (κ1) is 18.6. The van der Waals surface area contributed by atoms with Crippen molar-refractivity contribution < 1.29 is 8.42 Å². The summed E-state index contributed by atoms with van der Waals surface area (Å²) in [5.74, 6) is 0.537. The van der Waals surface area contributed by atoms with E-state index in [9.17, 15) is 13.2 Å². The molecule has 0 amide bonds. The topological polar surface area (TPSA) is 75.5 Å². The molecule has 3 heterocycles. The van der Waals surface area contributed by atoms with Crippen LogP contribution >= 0.6 is 0 Å². The summed E-state index contributed by atoms with van der Waals surface area (Å²) in [6.45, 7) is 1.64. The Hall–Kier alpha value is -1.77. The molecule has 0 N–H and O–H groups in total. The molecule has 146 valence electrons. The predicted molar refractivity (Wildman–Crippen MR) is 105 cm³/mol. The molecular weight excluding hydrogens is 364 g/mol. The molecule has 0 aliphatic carbocycles. The molecule has 0 radical (unpaired) electrons. The van der Waals surface area contributed by atoms with Gasteiger partial charge >= 0.3 is 0 Å². The Bertz CT molecular complexity index is 994.